The van der Waals surface area contributed by atoms with Gasteiger partial charge in [0.15, 0.2) is 0 Å². The topological polar surface area (TPSA) is 75.7 Å². The van der Waals surface area contributed by atoms with E-state index in [0.717, 1.165) is 26.8 Å². The van der Waals surface area contributed by atoms with Crippen molar-refractivity contribution in [2.45, 2.75) is 13.5 Å². The van der Waals surface area contributed by atoms with Gasteiger partial charge in [-0.15, -0.1) is 0 Å². The lowest BCUT2D eigenvalue weighted by Crippen LogP contribution is -2.54. The Morgan fingerprint density at radius 2 is 1.66 bits per heavy atom. The molecule has 6 nitrogen and oxygen atoms in total. The minimum absolute atomic E-state index is 0.172. The minimum Gasteiger partial charge on any atom is -0.487 e. The monoisotopic (exact) mass is 564 g/mol. The van der Waals surface area contributed by atoms with E-state index in [1.54, 1.807) is 19.1 Å². The van der Waals surface area contributed by atoms with E-state index in [4.69, 9.17) is 39.5 Å². The Hall–Kier alpha value is -3.84. The molecule has 1 N–H and O–H groups in total. The lowest BCUT2D eigenvalue weighted by Gasteiger charge is -2.26. The molecule has 1 heterocycles. The predicted molar refractivity (Wildman–Crippen MR) is 150 cm³/mol. The van der Waals surface area contributed by atoms with Gasteiger partial charge in [-0.1, -0.05) is 83.3 Å². The molecule has 1 saturated heterocycles. The Morgan fingerprint density at radius 3 is 2.45 bits per heavy atom. The molecule has 1 aliphatic heterocycles. The molecule has 4 aromatic carbocycles. The van der Waals surface area contributed by atoms with E-state index in [0.29, 0.717) is 10.6 Å². The maximum absolute atomic E-state index is 13.4. The zero-order valence-electron chi connectivity index (χ0n) is 19.9. The molecule has 0 aromatic heterocycles. The number of aryl methyl sites for hydroxylation is 1. The number of ether oxygens (including phenoxy) is 1. The number of carbonyl (C=O) groups is 3. The van der Waals surface area contributed by atoms with Crippen LogP contribution in [0.15, 0.2) is 78.4 Å². The summed E-state index contributed by atoms with van der Waals surface area (Å²) in [5, 5.41) is 5.13. The molecule has 9 heteroatoms. The molecule has 1 fully saturated rings. The fraction of sp³-hybridized carbons (Fsp3) is 0.0690. The van der Waals surface area contributed by atoms with Crippen LogP contribution in [0.3, 0.4) is 0 Å². The summed E-state index contributed by atoms with van der Waals surface area (Å²) >= 11 is 18.9. The van der Waals surface area contributed by atoms with Crippen LogP contribution in [0.25, 0.3) is 16.8 Å². The molecule has 190 valence electrons. The number of carbonyl (C=O) groups excluding carboxylic acids is 3. The zero-order valence-corrected chi connectivity index (χ0v) is 22.2. The highest BCUT2D eigenvalue weighted by Crippen LogP contribution is 2.36. The first-order valence-electron chi connectivity index (χ1n) is 11.5. The molecule has 38 heavy (non-hydrogen) atoms. The van der Waals surface area contributed by atoms with Crippen molar-refractivity contribution in [3.63, 3.8) is 0 Å². The molecule has 5 rings (SSSR count). The number of urea groups is 1. The third-order valence-corrected chi connectivity index (χ3v) is 7.01. The SMILES string of the molecule is Cc1ccc(N2C(=O)NC(=O)/C(=C\c3cc(Cl)cc(Cl)c3OCc3cccc4ccccc34)C2=O)cc1Cl. The number of hydrogen-bond donors (Lipinski definition) is 1. The second-order valence-electron chi connectivity index (χ2n) is 8.62. The highest BCUT2D eigenvalue weighted by atomic mass is 35.5. The Labute approximate surface area is 233 Å². The standard InChI is InChI=1S/C29H19Cl3N2O4/c1-16-9-10-21(14-24(16)31)34-28(36)23(27(35)33-29(34)37)12-19-11-20(30)13-25(32)26(19)38-15-18-7-4-6-17-5-2-3-8-22(17)18/h2-14H,15H2,1H3,(H,33,35,37)/b23-12+. The smallest absolute Gasteiger partial charge is 0.335 e. The lowest BCUT2D eigenvalue weighted by molar-refractivity contribution is -0.122. The van der Waals surface area contributed by atoms with Gasteiger partial charge in [0.2, 0.25) is 0 Å². The van der Waals surface area contributed by atoms with Crippen LogP contribution in [0.5, 0.6) is 5.75 Å². The Kier molecular flexibility index (Phi) is 7.13. The van der Waals surface area contributed by atoms with E-state index >= 15 is 0 Å². The summed E-state index contributed by atoms with van der Waals surface area (Å²) in [6.07, 6.45) is 1.31. The maximum atomic E-state index is 13.4. The maximum Gasteiger partial charge on any atom is 0.335 e. The fourth-order valence-corrected chi connectivity index (χ4v) is 4.91. The summed E-state index contributed by atoms with van der Waals surface area (Å²) in [6.45, 7) is 1.97. The number of imide groups is 2. The Morgan fingerprint density at radius 1 is 0.895 bits per heavy atom. The third kappa shape index (κ3) is 4.98. The summed E-state index contributed by atoms with van der Waals surface area (Å²) in [4.78, 5) is 39.6. The van der Waals surface area contributed by atoms with Crippen LogP contribution in [0.2, 0.25) is 15.1 Å². The molecule has 0 aliphatic carbocycles. The number of benzene rings is 4. The van der Waals surface area contributed by atoms with Crippen LogP contribution in [0.1, 0.15) is 16.7 Å². The van der Waals surface area contributed by atoms with Crippen LogP contribution < -0.4 is 15.0 Å². The van der Waals surface area contributed by atoms with E-state index in [9.17, 15) is 14.4 Å². The van der Waals surface area contributed by atoms with Gasteiger partial charge in [0.1, 0.15) is 17.9 Å². The van der Waals surface area contributed by atoms with Crippen molar-refractivity contribution in [1.82, 2.24) is 5.32 Å². The predicted octanol–water partition coefficient (Wildman–Crippen LogP) is 7.35. The van der Waals surface area contributed by atoms with Crippen molar-refractivity contribution in [3.8, 4) is 5.75 Å². The largest absolute Gasteiger partial charge is 0.487 e. The summed E-state index contributed by atoms with van der Waals surface area (Å²) < 4.78 is 6.11. The number of fused-ring (bicyclic) bond motifs is 1. The average molecular weight is 566 g/mol. The second kappa shape index (κ2) is 10.5. The molecule has 0 bridgehead atoms. The highest BCUT2D eigenvalue weighted by molar-refractivity contribution is 6.40. The second-order valence-corrected chi connectivity index (χ2v) is 9.88. The molecule has 0 spiro atoms. The van der Waals surface area contributed by atoms with E-state index in [2.05, 4.69) is 5.32 Å². The van der Waals surface area contributed by atoms with Gasteiger partial charge in [-0.25, -0.2) is 9.69 Å². The van der Waals surface area contributed by atoms with E-state index in [1.807, 2.05) is 42.5 Å². The quantitative estimate of drug-likeness (QED) is 0.203. The molecule has 0 atom stereocenters. The average Bonchev–Trinajstić information content (AvgIpc) is 2.88. The van der Waals surface area contributed by atoms with Crippen molar-refractivity contribution >= 4 is 75.2 Å². The first kappa shape index (κ1) is 25.8. The van der Waals surface area contributed by atoms with Crippen molar-refractivity contribution < 1.29 is 19.1 Å². The van der Waals surface area contributed by atoms with E-state index in [-0.39, 0.29) is 33.7 Å². The van der Waals surface area contributed by atoms with Gasteiger partial charge in [-0.2, -0.15) is 0 Å². The molecule has 0 radical (unpaired) electrons. The van der Waals surface area contributed by atoms with Crippen molar-refractivity contribution in [2.24, 2.45) is 0 Å². The lowest BCUT2D eigenvalue weighted by atomic mass is 10.0. The van der Waals surface area contributed by atoms with Gasteiger partial charge in [-0.05, 0) is 59.2 Å². The summed E-state index contributed by atoms with van der Waals surface area (Å²) in [5.74, 6) is -1.45. The molecule has 0 unspecified atom stereocenters. The van der Waals surface area contributed by atoms with E-state index < -0.39 is 17.8 Å². The zero-order chi connectivity index (χ0) is 27.0. The number of hydrogen-bond acceptors (Lipinski definition) is 4. The van der Waals surface area contributed by atoms with Gasteiger partial charge in [0.05, 0.1) is 10.7 Å². The van der Waals surface area contributed by atoms with Crippen LogP contribution in [0, 0.1) is 6.92 Å². The summed E-state index contributed by atoms with van der Waals surface area (Å²) in [5.41, 5.74) is 1.92. The number of rotatable bonds is 5. The summed E-state index contributed by atoms with van der Waals surface area (Å²) in [7, 11) is 0. The number of barbiturate groups is 1. The fourth-order valence-electron chi connectivity index (χ4n) is 4.18. The molecular formula is C29H19Cl3N2O4. The van der Waals surface area contributed by atoms with Crippen LogP contribution in [0.4, 0.5) is 10.5 Å². The number of anilines is 1. The normalized spacial score (nSPS) is 14.8. The summed E-state index contributed by atoms with van der Waals surface area (Å²) in [6, 6.07) is 20.7. The van der Waals surface area contributed by atoms with Crippen LogP contribution in [-0.2, 0) is 16.2 Å². The van der Waals surface area contributed by atoms with Crippen LogP contribution >= 0.6 is 34.8 Å². The molecule has 4 aromatic rings. The first-order chi connectivity index (χ1) is 18.2. The van der Waals surface area contributed by atoms with E-state index in [1.165, 1.54) is 24.3 Å². The van der Waals surface area contributed by atoms with Gasteiger partial charge >= 0.3 is 6.03 Å². The molecule has 0 saturated carbocycles. The van der Waals surface area contributed by atoms with Gasteiger partial charge in [-0.3, -0.25) is 14.9 Å². The molecule has 1 aliphatic rings. The van der Waals surface area contributed by atoms with Crippen molar-refractivity contribution in [2.75, 3.05) is 4.90 Å². The van der Waals surface area contributed by atoms with Crippen molar-refractivity contribution in [1.29, 1.82) is 0 Å². The van der Waals surface area contributed by atoms with Crippen LogP contribution in [-0.4, -0.2) is 17.8 Å². The number of amides is 4. The van der Waals surface area contributed by atoms with Gasteiger partial charge in [0.25, 0.3) is 11.8 Å². The third-order valence-electron chi connectivity index (χ3n) is 6.10. The molecular weight excluding hydrogens is 547 g/mol. The number of nitrogens with one attached hydrogen (secondary N) is 1. The van der Waals surface area contributed by atoms with Gasteiger partial charge < -0.3 is 4.74 Å². The van der Waals surface area contributed by atoms with Gasteiger partial charge in [0, 0.05) is 15.6 Å². The van der Waals surface area contributed by atoms with Crippen molar-refractivity contribution in [3.05, 3.63) is 110 Å². The number of nitrogens with zero attached hydrogens (tertiary/aromatic N) is 1. The highest BCUT2D eigenvalue weighted by Gasteiger charge is 2.37. The number of halogens is 3. The Bertz CT molecular complexity index is 1660. The molecule has 4 amide bonds. The minimum atomic E-state index is -0.881. The first-order valence-corrected chi connectivity index (χ1v) is 12.6. The Balaban J connectivity index is 1.52.